The average molecular weight is 357 g/mol. The number of nitrogens with one attached hydrogen (secondary N) is 1. The van der Waals surface area contributed by atoms with Gasteiger partial charge in [-0.2, -0.15) is 4.68 Å². The smallest absolute Gasteiger partial charge is 0.234 e. The molecular formula is C17H16FN5OS. The van der Waals surface area contributed by atoms with Gasteiger partial charge in [-0.25, -0.2) is 4.39 Å². The first kappa shape index (κ1) is 17.1. The Morgan fingerprint density at radius 3 is 2.72 bits per heavy atom. The number of aryl methyl sites for hydroxylation is 2. The normalized spacial score (nSPS) is 10.7. The highest BCUT2D eigenvalue weighted by molar-refractivity contribution is 7.99. The van der Waals surface area contributed by atoms with Gasteiger partial charge in [-0.3, -0.25) is 4.79 Å². The van der Waals surface area contributed by atoms with E-state index < -0.39 is 5.82 Å². The standard InChI is InChI=1S/C17H16FN5OS/c1-11-3-7-14(8-4-11)23-17(20-21-22-23)25-10-16(24)19-15-9-13(18)6-5-12(15)2/h3-9H,10H2,1-2H3,(H,19,24). The number of aromatic nitrogens is 4. The van der Waals surface area contributed by atoms with Gasteiger partial charge >= 0.3 is 0 Å². The molecule has 3 rings (SSSR count). The number of rotatable bonds is 5. The van der Waals surface area contributed by atoms with Crippen molar-refractivity contribution in [1.82, 2.24) is 20.2 Å². The Bertz CT molecular complexity index is 894. The lowest BCUT2D eigenvalue weighted by molar-refractivity contribution is -0.113. The summed E-state index contributed by atoms with van der Waals surface area (Å²) in [5.74, 6) is -0.531. The van der Waals surface area contributed by atoms with Crippen LogP contribution in [0.3, 0.4) is 0 Å². The predicted molar refractivity (Wildman–Crippen MR) is 94.4 cm³/mol. The quantitative estimate of drug-likeness (QED) is 0.710. The van der Waals surface area contributed by atoms with Crippen LogP contribution in [0.4, 0.5) is 10.1 Å². The maximum atomic E-state index is 13.3. The van der Waals surface area contributed by atoms with Crippen molar-refractivity contribution in [2.24, 2.45) is 0 Å². The second-order valence-electron chi connectivity index (χ2n) is 5.50. The lowest BCUT2D eigenvalue weighted by Gasteiger charge is -2.08. The number of anilines is 1. The molecule has 0 atom stereocenters. The lowest BCUT2D eigenvalue weighted by atomic mass is 10.2. The van der Waals surface area contributed by atoms with E-state index in [0.29, 0.717) is 10.8 Å². The van der Waals surface area contributed by atoms with E-state index in [-0.39, 0.29) is 11.7 Å². The molecule has 1 heterocycles. The largest absolute Gasteiger partial charge is 0.325 e. The van der Waals surface area contributed by atoms with Crippen molar-refractivity contribution in [3.63, 3.8) is 0 Å². The molecule has 0 aliphatic carbocycles. The summed E-state index contributed by atoms with van der Waals surface area (Å²) in [7, 11) is 0. The first-order valence-corrected chi connectivity index (χ1v) is 8.56. The highest BCUT2D eigenvalue weighted by Gasteiger charge is 2.12. The fourth-order valence-electron chi connectivity index (χ4n) is 2.16. The molecule has 3 aromatic rings. The van der Waals surface area contributed by atoms with Crippen LogP contribution in [0.2, 0.25) is 0 Å². The van der Waals surface area contributed by atoms with E-state index in [4.69, 9.17) is 0 Å². The van der Waals surface area contributed by atoms with Crippen LogP contribution < -0.4 is 5.32 Å². The van der Waals surface area contributed by atoms with E-state index in [2.05, 4.69) is 20.8 Å². The molecule has 2 aromatic carbocycles. The molecule has 0 unspecified atom stereocenters. The molecule has 1 N–H and O–H groups in total. The van der Waals surface area contributed by atoms with Crippen LogP contribution in [-0.4, -0.2) is 31.9 Å². The van der Waals surface area contributed by atoms with Crippen LogP contribution in [0.5, 0.6) is 0 Å². The van der Waals surface area contributed by atoms with Crippen molar-refractivity contribution in [3.8, 4) is 5.69 Å². The van der Waals surface area contributed by atoms with Crippen LogP contribution >= 0.6 is 11.8 Å². The number of amides is 1. The summed E-state index contributed by atoms with van der Waals surface area (Å²) >= 11 is 1.21. The molecule has 25 heavy (non-hydrogen) atoms. The molecular weight excluding hydrogens is 341 g/mol. The molecule has 0 bridgehead atoms. The lowest BCUT2D eigenvalue weighted by Crippen LogP contribution is -2.15. The zero-order chi connectivity index (χ0) is 17.8. The van der Waals surface area contributed by atoms with Gasteiger partial charge in [-0.15, -0.1) is 5.10 Å². The highest BCUT2D eigenvalue weighted by Crippen LogP contribution is 2.20. The topological polar surface area (TPSA) is 72.7 Å². The molecule has 0 aliphatic heterocycles. The summed E-state index contributed by atoms with van der Waals surface area (Å²) in [6, 6.07) is 12.0. The van der Waals surface area contributed by atoms with Crippen LogP contribution in [0.25, 0.3) is 5.69 Å². The molecule has 0 fully saturated rings. The number of carbonyl (C=O) groups is 1. The average Bonchev–Trinajstić information content (AvgIpc) is 3.05. The van der Waals surface area contributed by atoms with Crippen molar-refractivity contribution in [2.45, 2.75) is 19.0 Å². The van der Waals surface area contributed by atoms with Gasteiger partial charge in [-0.1, -0.05) is 35.5 Å². The summed E-state index contributed by atoms with van der Waals surface area (Å²) < 4.78 is 14.9. The molecule has 6 nitrogen and oxygen atoms in total. The summed E-state index contributed by atoms with van der Waals surface area (Å²) in [5.41, 5.74) is 3.21. The zero-order valence-corrected chi connectivity index (χ0v) is 14.5. The van der Waals surface area contributed by atoms with Gasteiger partial charge in [0, 0.05) is 5.69 Å². The molecule has 128 valence electrons. The third kappa shape index (κ3) is 4.21. The third-order valence-corrected chi connectivity index (χ3v) is 4.44. The number of tetrazole rings is 1. The maximum absolute atomic E-state index is 13.3. The van der Waals surface area contributed by atoms with Gasteiger partial charge < -0.3 is 5.32 Å². The molecule has 8 heteroatoms. The highest BCUT2D eigenvalue weighted by atomic mass is 32.2. The molecule has 0 spiro atoms. The fraction of sp³-hybridized carbons (Fsp3) is 0.176. The molecule has 0 aliphatic rings. The van der Waals surface area contributed by atoms with Gasteiger partial charge in [0.05, 0.1) is 11.4 Å². The van der Waals surface area contributed by atoms with Crippen molar-refractivity contribution in [3.05, 3.63) is 59.4 Å². The number of nitrogens with zero attached hydrogens (tertiary/aromatic N) is 4. The van der Waals surface area contributed by atoms with Gasteiger partial charge in [0.15, 0.2) is 0 Å². The van der Waals surface area contributed by atoms with Gasteiger partial charge in [-0.05, 0) is 54.1 Å². The zero-order valence-electron chi connectivity index (χ0n) is 13.7. The Kier molecular flexibility index (Phi) is 5.08. The van der Waals surface area contributed by atoms with E-state index in [0.717, 1.165) is 16.8 Å². The first-order valence-electron chi connectivity index (χ1n) is 7.57. The maximum Gasteiger partial charge on any atom is 0.234 e. The van der Waals surface area contributed by atoms with Crippen molar-refractivity contribution in [2.75, 3.05) is 11.1 Å². The first-order chi connectivity index (χ1) is 12.0. The van der Waals surface area contributed by atoms with Crippen molar-refractivity contribution >= 4 is 23.4 Å². The second-order valence-corrected chi connectivity index (χ2v) is 6.45. The minimum Gasteiger partial charge on any atom is -0.325 e. The summed E-state index contributed by atoms with van der Waals surface area (Å²) in [6.07, 6.45) is 0. The number of hydrogen-bond donors (Lipinski definition) is 1. The minimum atomic E-state index is -0.392. The van der Waals surface area contributed by atoms with E-state index in [1.54, 1.807) is 17.7 Å². The van der Waals surface area contributed by atoms with Gasteiger partial charge in [0.1, 0.15) is 5.82 Å². The second kappa shape index (κ2) is 7.43. The van der Waals surface area contributed by atoms with Crippen LogP contribution in [0.1, 0.15) is 11.1 Å². The van der Waals surface area contributed by atoms with Gasteiger partial charge in [0.2, 0.25) is 11.1 Å². The molecule has 0 radical (unpaired) electrons. The van der Waals surface area contributed by atoms with Crippen LogP contribution in [0, 0.1) is 19.7 Å². The Morgan fingerprint density at radius 2 is 1.96 bits per heavy atom. The summed E-state index contributed by atoms with van der Waals surface area (Å²) in [4.78, 5) is 12.1. The molecule has 1 aromatic heterocycles. The summed E-state index contributed by atoms with van der Waals surface area (Å²) in [5, 5.41) is 14.8. The molecule has 0 saturated carbocycles. The SMILES string of the molecule is Cc1ccc(-n2nnnc2SCC(=O)Nc2cc(F)ccc2C)cc1. The van der Waals surface area contributed by atoms with E-state index in [1.807, 2.05) is 31.2 Å². The van der Waals surface area contributed by atoms with E-state index in [9.17, 15) is 9.18 Å². The number of hydrogen-bond acceptors (Lipinski definition) is 5. The Morgan fingerprint density at radius 1 is 1.20 bits per heavy atom. The Balaban J connectivity index is 1.66. The van der Waals surface area contributed by atoms with Gasteiger partial charge in [0.25, 0.3) is 0 Å². The fourth-order valence-corrected chi connectivity index (χ4v) is 2.85. The number of benzene rings is 2. The minimum absolute atomic E-state index is 0.113. The van der Waals surface area contributed by atoms with E-state index in [1.165, 1.54) is 23.9 Å². The van der Waals surface area contributed by atoms with Crippen molar-refractivity contribution < 1.29 is 9.18 Å². The predicted octanol–water partition coefficient (Wildman–Crippen LogP) is 3.15. The van der Waals surface area contributed by atoms with Crippen molar-refractivity contribution in [1.29, 1.82) is 0 Å². The number of halogens is 1. The summed E-state index contributed by atoms with van der Waals surface area (Å²) in [6.45, 7) is 3.80. The van der Waals surface area contributed by atoms with E-state index >= 15 is 0 Å². The monoisotopic (exact) mass is 357 g/mol. The molecule has 0 saturated heterocycles. The number of carbonyl (C=O) groups excluding carboxylic acids is 1. The Labute approximate surface area is 148 Å². The Hall–Kier alpha value is -2.74. The van der Waals surface area contributed by atoms with Crippen LogP contribution in [-0.2, 0) is 4.79 Å². The molecule has 1 amide bonds. The number of thioether (sulfide) groups is 1. The third-order valence-electron chi connectivity index (χ3n) is 3.53. The van der Waals surface area contributed by atoms with Crippen LogP contribution in [0.15, 0.2) is 47.6 Å².